The molecular weight excluding hydrogens is 399 g/mol. The first-order valence-electron chi connectivity index (χ1n) is 7.63. The van der Waals surface area contributed by atoms with E-state index in [0.29, 0.717) is 6.61 Å². The van der Waals surface area contributed by atoms with Crippen molar-refractivity contribution in [2.45, 2.75) is 11.8 Å². The van der Waals surface area contributed by atoms with Gasteiger partial charge in [-0.1, -0.05) is 29.3 Å². The van der Waals surface area contributed by atoms with Crippen LogP contribution in [0.25, 0.3) is 0 Å². The molecule has 0 aliphatic carbocycles. The third-order valence-electron chi connectivity index (χ3n) is 3.45. The molecule has 6 nitrogen and oxygen atoms in total. The second kappa shape index (κ2) is 8.26. The minimum Gasteiger partial charge on any atom is -0.492 e. The molecule has 0 aliphatic rings. The Labute approximate surface area is 162 Å². The van der Waals surface area contributed by atoms with Gasteiger partial charge >= 0.3 is 0 Å². The molecule has 0 fully saturated rings. The normalized spacial score (nSPS) is 11.5. The maximum atomic E-state index is 12.5. The first-order chi connectivity index (χ1) is 12.2. The first-order valence-corrected chi connectivity index (χ1v) is 9.82. The number of anilines is 1. The minimum absolute atomic E-state index is 0.0487. The molecule has 0 aromatic heterocycles. The summed E-state index contributed by atoms with van der Waals surface area (Å²) >= 11 is 12.1. The van der Waals surface area contributed by atoms with E-state index >= 15 is 0 Å². The number of halogens is 2. The van der Waals surface area contributed by atoms with E-state index in [1.54, 1.807) is 31.2 Å². The summed E-state index contributed by atoms with van der Waals surface area (Å²) in [7, 11) is -0.931. The predicted octanol–water partition coefficient (Wildman–Crippen LogP) is 3.89. The second-order valence-electron chi connectivity index (χ2n) is 5.43. The highest BCUT2D eigenvalue weighted by molar-refractivity contribution is 7.89. The van der Waals surface area contributed by atoms with Gasteiger partial charge in [-0.2, -0.15) is 0 Å². The van der Waals surface area contributed by atoms with Gasteiger partial charge in [0.05, 0.1) is 22.2 Å². The van der Waals surface area contributed by atoms with Crippen LogP contribution in [0, 0.1) is 0 Å². The van der Waals surface area contributed by atoms with Crippen LogP contribution in [-0.4, -0.2) is 39.3 Å². The summed E-state index contributed by atoms with van der Waals surface area (Å²) in [6.45, 7) is 2.05. The monoisotopic (exact) mass is 416 g/mol. The van der Waals surface area contributed by atoms with Crippen molar-refractivity contribution >= 4 is 44.8 Å². The molecule has 0 aliphatic heterocycles. The molecule has 26 heavy (non-hydrogen) atoms. The molecule has 0 saturated carbocycles. The van der Waals surface area contributed by atoms with Gasteiger partial charge in [-0.25, -0.2) is 12.7 Å². The van der Waals surface area contributed by atoms with Crippen molar-refractivity contribution in [2.24, 2.45) is 0 Å². The summed E-state index contributed by atoms with van der Waals surface area (Å²) in [6.07, 6.45) is 0. The van der Waals surface area contributed by atoms with Crippen molar-refractivity contribution in [3.8, 4) is 5.75 Å². The molecular formula is C17H18Cl2N2O4S. The van der Waals surface area contributed by atoms with Gasteiger partial charge in [0.25, 0.3) is 5.91 Å². The number of hydrogen-bond donors (Lipinski definition) is 1. The fourth-order valence-corrected chi connectivity index (χ4v) is 3.79. The van der Waals surface area contributed by atoms with Crippen LogP contribution in [0.1, 0.15) is 17.3 Å². The van der Waals surface area contributed by atoms with Gasteiger partial charge in [-0.05, 0) is 37.3 Å². The van der Waals surface area contributed by atoms with E-state index in [4.69, 9.17) is 27.9 Å². The van der Waals surface area contributed by atoms with E-state index in [-0.39, 0.29) is 31.9 Å². The largest absolute Gasteiger partial charge is 0.492 e. The van der Waals surface area contributed by atoms with E-state index in [1.807, 2.05) is 0 Å². The number of benzene rings is 2. The highest BCUT2D eigenvalue weighted by Crippen LogP contribution is 2.30. The third kappa shape index (κ3) is 4.29. The molecule has 2 aromatic carbocycles. The van der Waals surface area contributed by atoms with Crippen LogP contribution in [0.5, 0.6) is 5.75 Å². The van der Waals surface area contributed by atoms with E-state index in [1.165, 1.54) is 26.2 Å². The topological polar surface area (TPSA) is 75.7 Å². The molecule has 2 rings (SSSR count). The van der Waals surface area contributed by atoms with Crippen molar-refractivity contribution in [3.63, 3.8) is 0 Å². The van der Waals surface area contributed by atoms with Crippen LogP contribution < -0.4 is 10.1 Å². The summed E-state index contributed by atoms with van der Waals surface area (Å²) in [5, 5.41) is 3.01. The molecule has 140 valence electrons. The van der Waals surface area contributed by atoms with Crippen LogP contribution in [0.2, 0.25) is 10.0 Å². The Balaban J connectivity index is 2.44. The molecule has 0 saturated heterocycles. The minimum atomic E-state index is -3.76. The summed E-state index contributed by atoms with van der Waals surface area (Å²) in [6, 6.07) is 9.08. The number of amides is 1. The van der Waals surface area contributed by atoms with Gasteiger partial charge in [0, 0.05) is 19.8 Å². The lowest BCUT2D eigenvalue weighted by Crippen LogP contribution is -2.23. The van der Waals surface area contributed by atoms with Gasteiger partial charge in [0.1, 0.15) is 10.6 Å². The summed E-state index contributed by atoms with van der Waals surface area (Å²) in [5.41, 5.74) is 0.386. The molecule has 0 bridgehead atoms. The Bertz CT molecular complexity index is 910. The zero-order chi connectivity index (χ0) is 19.5. The molecule has 0 unspecified atom stereocenters. The van der Waals surface area contributed by atoms with E-state index in [0.717, 1.165) is 4.31 Å². The van der Waals surface area contributed by atoms with Crippen LogP contribution in [0.15, 0.2) is 41.3 Å². The van der Waals surface area contributed by atoms with Crippen LogP contribution >= 0.6 is 23.2 Å². The lowest BCUT2D eigenvalue weighted by molar-refractivity contribution is 0.102. The number of ether oxygens (including phenoxy) is 1. The van der Waals surface area contributed by atoms with Gasteiger partial charge in [-0.15, -0.1) is 0 Å². The maximum absolute atomic E-state index is 12.5. The molecule has 9 heteroatoms. The van der Waals surface area contributed by atoms with E-state index < -0.39 is 15.9 Å². The summed E-state index contributed by atoms with van der Waals surface area (Å²) in [5.74, 6) is -0.340. The average Bonchev–Trinajstić information content (AvgIpc) is 2.56. The molecule has 1 N–H and O–H groups in total. The highest BCUT2D eigenvalue weighted by Gasteiger charge is 2.24. The molecule has 0 atom stereocenters. The van der Waals surface area contributed by atoms with Crippen LogP contribution in [0.4, 0.5) is 5.69 Å². The molecule has 2 aromatic rings. The van der Waals surface area contributed by atoms with Crippen molar-refractivity contribution < 1.29 is 17.9 Å². The Morgan fingerprint density at radius 1 is 1.15 bits per heavy atom. The van der Waals surface area contributed by atoms with Gasteiger partial charge in [0.15, 0.2) is 0 Å². The van der Waals surface area contributed by atoms with Crippen molar-refractivity contribution in [3.05, 3.63) is 52.0 Å². The Morgan fingerprint density at radius 2 is 1.77 bits per heavy atom. The highest BCUT2D eigenvalue weighted by atomic mass is 35.5. The van der Waals surface area contributed by atoms with Crippen LogP contribution in [0.3, 0.4) is 0 Å². The third-order valence-corrected chi connectivity index (χ3v) is 5.92. The number of sulfonamides is 1. The van der Waals surface area contributed by atoms with Crippen molar-refractivity contribution in [1.82, 2.24) is 4.31 Å². The van der Waals surface area contributed by atoms with E-state index in [9.17, 15) is 13.2 Å². The first kappa shape index (κ1) is 20.5. The number of nitrogens with zero attached hydrogens (tertiary/aromatic N) is 1. The average molecular weight is 417 g/mol. The Kier molecular flexibility index (Phi) is 6.52. The molecule has 0 radical (unpaired) electrons. The number of carbonyl (C=O) groups excluding carboxylic acids is 1. The SMILES string of the molecule is CCOc1ccc(NC(=O)c2c(Cl)cccc2Cl)cc1S(=O)(=O)N(C)C. The number of rotatable bonds is 6. The molecule has 0 spiro atoms. The Morgan fingerprint density at radius 3 is 2.31 bits per heavy atom. The number of hydrogen-bond acceptors (Lipinski definition) is 4. The lowest BCUT2D eigenvalue weighted by Gasteiger charge is -2.17. The summed E-state index contributed by atoms with van der Waals surface area (Å²) in [4.78, 5) is 12.4. The standard InChI is InChI=1S/C17H18Cl2N2O4S/c1-4-25-14-9-8-11(10-15(14)26(23,24)21(2)3)20-17(22)16-12(18)6-5-7-13(16)19/h5-10H,4H2,1-3H3,(H,20,22). The van der Waals surface area contributed by atoms with E-state index in [2.05, 4.69) is 5.32 Å². The number of carbonyl (C=O) groups is 1. The zero-order valence-corrected chi connectivity index (χ0v) is 16.7. The zero-order valence-electron chi connectivity index (χ0n) is 14.4. The van der Waals surface area contributed by atoms with Crippen molar-refractivity contribution in [1.29, 1.82) is 0 Å². The molecule has 1 amide bonds. The summed E-state index contributed by atoms with van der Waals surface area (Å²) < 4.78 is 31.5. The number of nitrogens with one attached hydrogen (secondary N) is 1. The second-order valence-corrected chi connectivity index (χ2v) is 8.37. The Hall–Kier alpha value is -1.80. The van der Waals surface area contributed by atoms with Crippen LogP contribution in [-0.2, 0) is 10.0 Å². The quantitative estimate of drug-likeness (QED) is 0.774. The fraction of sp³-hybridized carbons (Fsp3) is 0.235. The predicted molar refractivity (Wildman–Crippen MR) is 103 cm³/mol. The smallest absolute Gasteiger partial charge is 0.258 e. The molecule has 0 heterocycles. The van der Waals surface area contributed by atoms with Crippen molar-refractivity contribution in [2.75, 3.05) is 26.0 Å². The van der Waals surface area contributed by atoms with Gasteiger partial charge < -0.3 is 10.1 Å². The van der Waals surface area contributed by atoms with Gasteiger partial charge in [0.2, 0.25) is 10.0 Å². The maximum Gasteiger partial charge on any atom is 0.258 e. The lowest BCUT2D eigenvalue weighted by atomic mass is 10.2. The van der Waals surface area contributed by atoms with Gasteiger partial charge in [-0.3, -0.25) is 4.79 Å². The fourth-order valence-electron chi connectivity index (χ4n) is 2.17.